The van der Waals surface area contributed by atoms with Crippen LogP contribution in [-0.2, 0) is 13.2 Å². The molecule has 1 aliphatic rings. The number of aromatic amines is 1. The highest BCUT2D eigenvalue weighted by Gasteiger charge is 2.30. The summed E-state index contributed by atoms with van der Waals surface area (Å²) in [5.74, 6) is 0.437. The monoisotopic (exact) mass is 455 g/mol. The smallest absolute Gasteiger partial charge is 0.393 e. The maximum Gasteiger partial charge on any atom is 0.416 e. The summed E-state index contributed by atoms with van der Waals surface area (Å²) in [5.41, 5.74) is 1.11. The summed E-state index contributed by atoms with van der Waals surface area (Å²) < 4.78 is 40.5. The number of hydrogen-bond donors (Lipinski definition) is 2. The molecule has 0 unspecified atom stereocenters. The molecule has 0 bridgehead atoms. The van der Waals surface area contributed by atoms with Crippen LogP contribution < -0.4 is 5.56 Å². The third-order valence-corrected chi connectivity index (χ3v) is 5.99. The molecule has 2 atom stereocenters. The molecule has 0 saturated heterocycles. The van der Waals surface area contributed by atoms with Crippen molar-refractivity contribution in [2.75, 3.05) is 0 Å². The number of hydrogen-bond acceptors (Lipinski definition) is 5. The van der Waals surface area contributed by atoms with Crippen LogP contribution in [0.3, 0.4) is 0 Å². The molecule has 2 N–H and O–H groups in total. The molecule has 0 amide bonds. The van der Waals surface area contributed by atoms with Gasteiger partial charge in [0.2, 0.25) is 0 Å². The first-order chi connectivity index (χ1) is 15.7. The zero-order valence-corrected chi connectivity index (χ0v) is 17.6. The first kappa shape index (κ1) is 21.3. The van der Waals surface area contributed by atoms with Crippen LogP contribution >= 0.6 is 0 Å². The van der Waals surface area contributed by atoms with Crippen LogP contribution in [0.5, 0.6) is 0 Å². The number of nitrogens with one attached hydrogen (secondary N) is 1. The zero-order valence-electron chi connectivity index (χ0n) is 17.6. The fourth-order valence-electron chi connectivity index (χ4n) is 4.28. The van der Waals surface area contributed by atoms with Gasteiger partial charge in [-0.3, -0.25) is 9.48 Å². The Morgan fingerprint density at radius 3 is 2.48 bits per heavy atom. The predicted octanol–water partition coefficient (Wildman–Crippen LogP) is 4.03. The van der Waals surface area contributed by atoms with Crippen LogP contribution in [0.4, 0.5) is 13.2 Å². The highest BCUT2D eigenvalue weighted by atomic mass is 19.4. The normalized spacial score (nSPS) is 18.8. The van der Waals surface area contributed by atoms with E-state index in [1.54, 1.807) is 24.1 Å². The summed E-state index contributed by atoms with van der Waals surface area (Å²) in [6.45, 7) is 0. The molecule has 1 aliphatic carbocycles. The SMILES string of the molecule is Cn1cc(-c2nc(-c3ccc(C(F)(F)F)cc3)cc3c(=O)[nH]c([C@@H]4CC[C@H](O)C4)nc23)cn1. The molecule has 170 valence electrons. The first-order valence-corrected chi connectivity index (χ1v) is 10.5. The number of aliphatic hydroxyl groups excluding tert-OH is 1. The predicted molar refractivity (Wildman–Crippen MR) is 115 cm³/mol. The number of aryl methyl sites for hydroxylation is 1. The maximum absolute atomic E-state index is 13.0. The second-order valence-corrected chi connectivity index (χ2v) is 8.35. The number of fused-ring (bicyclic) bond motifs is 1. The van der Waals surface area contributed by atoms with Crippen molar-refractivity contribution >= 4 is 10.9 Å². The van der Waals surface area contributed by atoms with Gasteiger partial charge in [-0.2, -0.15) is 18.3 Å². The van der Waals surface area contributed by atoms with Crippen LogP contribution in [0, 0.1) is 0 Å². The Kier molecular flexibility index (Phi) is 5.04. The molecule has 0 radical (unpaired) electrons. The number of aliphatic hydroxyl groups is 1. The molecule has 3 aromatic heterocycles. The van der Waals surface area contributed by atoms with Crippen molar-refractivity contribution in [3.05, 3.63) is 64.5 Å². The summed E-state index contributed by atoms with van der Waals surface area (Å²) in [6, 6.07) is 6.18. The van der Waals surface area contributed by atoms with E-state index in [1.165, 1.54) is 18.2 Å². The summed E-state index contributed by atoms with van der Waals surface area (Å²) in [4.78, 5) is 25.2. The van der Waals surface area contributed by atoms with Crippen LogP contribution in [0.25, 0.3) is 33.4 Å². The molecule has 4 aromatic rings. The summed E-state index contributed by atoms with van der Waals surface area (Å²) in [7, 11) is 1.75. The van der Waals surface area contributed by atoms with Gasteiger partial charge in [-0.25, -0.2) is 9.97 Å². The van der Waals surface area contributed by atoms with Crippen molar-refractivity contribution in [1.82, 2.24) is 24.7 Å². The van der Waals surface area contributed by atoms with Gasteiger partial charge in [-0.15, -0.1) is 0 Å². The summed E-state index contributed by atoms with van der Waals surface area (Å²) in [6.07, 6.45) is 0.353. The van der Waals surface area contributed by atoms with E-state index in [0.717, 1.165) is 18.6 Å². The van der Waals surface area contributed by atoms with Crippen LogP contribution in [0.15, 0.2) is 47.5 Å². The van der Waals surface area contributed by atoms with Crippen molar-refractivity contribution in [3.63, 3.8) is 0 Å². The average Bonchev–Trinajstić information content (AvgIpc) is 3.41. The molecule has 5 rings (SSSR count). The molecule has 10 heteroatoms. The molecule has 1 saturated carbocycles. The highest BCUT2D eigenvalue weighted by molar-refractivity contribution is 5.93. The molecular weight excluding hydrogens is 435 g/mol. The molecular formula is C23H20F3N5O2. The van der Waals surface area contributed by atoms with Crippen molar-refractivity contribution in [3.8, 4) is 22.5 Å². The van der Waals surface area contributed by atoms with Gasteiger partial charge in [0.15, 0.2) is 0 Å². The minimum absolute atomic E-state index is 0.0616. The zero-order chi connectivity index (χ0) is 23.3. The van der Waals surface area contributed by atoms with E-state index >= 15 is 0 Å². The Balaban J connectivity index is 1.70. The van der Waals surface area contributed by atoms with E-state index in [4.69, 9.17) is 4.98 Å². The summed E-state index contributed by atoms with van der Waals surface area (Å²) >= 11 is 0. The van der Waals surface area contributed by atoms with E-state index in [9.17, 15) is 23.1 Å². The number of rotatable bonds is 3. The Morgan fingerprint density at radius 1 is 1.12 bits per heavy atom. The van der Waals surface area contributed by atoms with E-state index in [-0.39, 0.29) is 16.9 Å². The number of halogens is 3. The van der Waals surface area contributed by atoms with Gasteiger partial charge < -0.3 is 10.1 Å². The van der Waals surface area contributed by atoms with Gasteiger partial charge in [0.1, 0.15) is 17.0 Å². The Bertz CT molecular complexity index is 1390. The van der Waals surface area contributed by atoms with Gasteiger partial charge in [0.25, 0.3) is 5.56 Å². The minimum Gasteiger partial charge on any atom is -0.393 e. The van der Waals surface area contributed by atoms with Crippen LogP contribution in [0.1, 0.15) is 36.6 Å². The standard InChI is InChI=1S/C23H20F3N5O2/c1-31-11-14(10-27-31)19-20-17(22(33)30-21(29-20)13-4-7-16(32)8-13)9-18(28-19)12-2-5-15(6-3-12)23(24,25)26/h2-3,5-6,9-11,13,16,32H,4,7-8H2,1H3,(H,29,30,33)/t13-,16+/m1/s1. The van der Waals surface area contributed by atoms with Crippen molar-refractivity contribution in [2.24, 2.45) is 7.05 Å². The third kappa shape index (κ3) is 4.02. The molecule has 0 spiro atoms. The fraction of sp³-hybridized carbons (Fsp3) is 0.304. The van der Waals surface area contributed by atoms with E-state index in [1.807, 2.05) is 0 Å². The van der Waals surface area contributed by atoms with E-state index < -0.39 is 17.8 Å². The Hall–Kier alpha value is -3.53. The Morgan fingerprint density at radius 2 is 1.88 bits per heavy atom. The minimum atomic E-state index is -4.44. The second kappa shape index (κ2) is 7.80. The fourth-order valence-corrected chi connectivity index (χ4v) is 4.28. The number of alkyl halides is 3. The van der Waals surface area contributed by atoms with Gasteiger partial charge in [-0.05, 0) is 37.5 Å². The lowest BCUT2D eigenvalue weighted by Gasteiger charge is -2.13. The van der Waals surface area contributed by atoms with Crippen molar-refractivity contribution in [2.45, 2.75) is 37.5 Å². The second-order valence-electron chi connectivity index (χ2n) is 8.35. The number of aromatic nitrogens is 5. The maximum atomic E-state index is 13.0. The van der Waals surface area contributed by atoms with E-state index in [0.29, 0.717) is 46.7 Å². The van der Waals surface area contributed by atoms with E-state index in [2.05, 4.69) is 15.1 Å². The average molecular weight is 455 g/mol. The lowest BCUT2D eigenvalue weighted by atomic mass is 10.0. The Labute approximate surface area is 185 Å². The largest absolute Gasteiger partial charge is 0.416 e. The molecule has 3 heterocycles. The molecule has 7 nitrogen and oxygen atoms in total. The van der Waals surface area contributed by atoms with Crippen LogP contribution in [-0.4, -0.2) is 35.9 Å². The number of benzene rings is 1. The topological polar surface area (TPSA) is 96.7 Å². The van der Waals surface area contributed by atoms with Gasteiger partial charge >= 0.3 is 6.18 Å². The number of pyridine rings is 1. The summed E-state index contributed by atoms with van der Waals surface area (Å²) in [5, 5.41) is 14.4. The van der Waals surface area contributed by atoms with Gasteiger partial charge in [-0.1, -0.05) is 12.1 Å². The highest BCUT2D eigenvalue weighted by Crippen LogP contribution is 2.35. The third-order valence-electron chi connectivity index (χ3n) is 5.99. The molecule has 1 aromatic carbocycles. The lowest BCUT2D eigenvalue weighted by Crippen LogP contribution is -2.15. The molecule has 1 fully saturated rings. The van der Waals surface area contributed by atoms with Crippen molar-refractivity contribution < 1.29 is 18.3 Å². The van der Waals surface area contributed by atoms with Gasteiger partial charge in [0.05, 0.1) is 28.9 Å². The lowest BCUT2D eigenvalue weighted by molar-refractivity contribution is -0.137. The quantitative estimate of drug-likeness (QED) is 0.486. The number of H-pyrrole nitrogens is 1. The molecule has 33 heavy (non-hydrogen) atoms. The van der Waals surface area contributed by atoms with Gasteiger partial charge in [0, 0.05) is 30.3 Å². The number of nitrogens with zero attached hydrogens (tertiary/aromatic N) is 4. The first-order valence-electron chi connectivity index (χ1n) is 10.5. The molecule has 0 aliphatic heterocycles. The van der Waals surface area contributed by atoms with Crippen LogP contribution in [0.2, 0.25) is 0 Å². The van der Waals surface area contributed by atoms with Crippen molar-refractivity contribution in [1.29, 1.82) is 0 Å².